The van der Waals surface area contributed by atoms with Gasteiger partial charge in [0.15, 0.2) is 0 Å². The predicted molar refractivity (Wildman–Crippen MR) is 122 cm³/mol. The van der Waals surface area contributed by atoms with Crippen molar-refractivity contribution in [2.75, 3.05) is 10.6 Å². The highest BCUT2D eigenvalue weighted by Crippen LogP contribution is 2.49. The van der Waals surface area contributed by atoms with Crippen molar-refractivity contribution in [2.24, 2.45) is 5.16 Å². The molecule has 3 aromatic carbocycles. The second-order valence-corrected chi connectivity index (χ2v) is 8.19. The lowest BCUT2D eigenvalue weighted by Gasteiger charge is -2.29. The normalized spacial score (nSPS) is 17.8. The van der Waals surface area contributed by atoms with E-state index in [4.69, 9.17) is 28.0 Å². The maximum absolute atomic E-state index is 14.2. The molecule has 2 N–H and O–H groups in total. The van der Waals surface area contributed by atoms with Crippen LogP contribution in [0.3, 0.4) is 0 Å². The average molecular weight is 494 g/mol. The van der Waals surface area contributed by atoms with Crippen LogP contribution in [0.4, 0.5) is 29.3 Å². The molecule has 170 valence electrons. The lowest BCUT2D eigenvalue weighted by molar-refractivity contribution is -0.275. The lowest BCUT2D eigenvalue weighted by Crippen LogP contribution is -2.42. The molecule has 4 rings (SSSR count). The molecule has 1 heterocycles. The quantitative estimate of drug-likeness (QED) is 0.402. The Bertz CT molecular complexity index is 1200. The highest BCUT2D eigenvalue weighted by Gasteiger charge is 2.62. The molecule has 5 nitrogen and oxygen atoms in total. The summed E-state index contributed by atoms with van der Waals surface area (Å²) in [5.74, 6) is 0. The molecule has 0 saturated carbocycles. The number of nitrogens with one attached hydrogen (secondary N) is 2. The van der Waals surface area contributed by atoms with E-state index in [9.17, 15) is 18.0 Å². The number of oxime groups is 1. The van der Waals surface area contributed by atoms with Gasteiger partial charge in [-0.1, -0.05) is 58.7 Å². The Hall–Kier alpha value is -3.23. The third-order valence-corrected chi connectivity index (χ3v) is 5.44. The minimum Gasteiger partial charge on any atom is -0.374 e. The Morgan fingerprint density at radius 3 is 2.21 bits per heavy atom. The molecule has 0 fully saturated rings. The summed E-state index contributed by atoms with van der Waals surface area (Å²) >= 11 is 11.9. The summed E-state index contributed by atoms with van der Waals surface area (Å²) in [7, 11) is 0. The van der Waals surface area contributed by atoms with E-state index in [0.717, 1.165) is 12.1 Å². The molecule has 0 bridgehead atoms. The largest absolute Gasteiger partial charge is 0.435 e. The number of amides is 2. The summed E-state index contributed by atoms with van der Waals surface area (Å²) in [5.41, 5.74) is -1.58. The van der Waals surface area contributed by atoms with Crippen molar-refractivity contribution < 1.29 is 22.8 Å². The van der Waals surface area contributed by atoms with Crippen molar-refractivity contribution in [1.29, 1.82) is 0 Å². The second-order valence-electron chi connectivity index (χ2n) is 7.31. The van der Waals surface area contributed by atoms with Crippen LogP contribution in [0.1, 0.15) is 17.5 Å². The van der Waals surface area contributed by atoms with Gasteiger partial charge < -0.3 is 15.5 Å². The van der Waals surface area contributed by atoms with E-state index < -0.39 is 24.2 Å². The van der Waals surface area contributed by atoms with Gasteiger partial charge in [-0.2, -0.15) is 13.2 Å². The van der Waals surface area contributed by atoms with Crippen LogP contribution in [0.2, 0.25) is 10.0 Å². The number of nitrogens with zero attached hydrogens (tertiary/aromatic N) is 1. The van der Waals surface area contributed by atoms with Gasteiger partial charge in [-0.05, 0) is 42.5 Å². The number of alkyl halides is 3. The van der Waals surface area contributed by atoms with Crippen molar-refractivity contribution in [3.05, 3.63) is 94.0 Å². The molecule has 1 atom stereocenters. The summed E-state index contributed by atoms with van der Waals surface area (Å²) in [6.45, 7) is 0. The van der Waals surface area contributed by atoms with Crippen molar-refractivity contribution in [1.82, 2.24) is 0 Å². The van der Waals surface area contributed by atoms with Crippen molar-refractivity contribution in [2.45, 2.75) is 18.2 Å². The number of anilines is 2. The minimum absolute atomic E-state index is 0.0498. The average Bonchev–Trinajstić information content (AvgIpc) is 3.21. The fourth-order valence-corrected chi connectivity index (χ4v) is 3.96. The first-order chi connectivity index (χ1) is 15.7. The summed E-state index contributed by atoms with van der Waals surface area (Å²) in [6, 6.07) is 18.3. The van der Waals surface area contributed by atoms with E-state index in [0.29, 0.717) is 16.9 Å². The van der Waals surface area contributed by atoms with Crippen LogP contribution < -0.4 is 10.6 Å². The number of benzene rings is 3. The van der Waals surface area contributed by atoms with Crippen LogP contribution in [0.15, 0.2) is 78.0 Å². The zero-order chi connectivity index (χ0) is 23.6. The highest BCUT2D eigenvalue weighted by atomic mass is 35.5. The van der Waals surface area contributed by atoms with Gasteiger partial charge in [0.25, 0.3) is 5.60 Å². The van der Waals surface area contributed by atoms with Crippen LogP contribution in [0.5, 0.6) is 0 Å². The van der Waals surface area contributed by atoms with Crippen molar-refractivity contribution >= 4 is 46.3 Å². The molecule has 0 spiro atoms. The molecule has 0 radical (unpaired) electrons. The predicted octanol–water partition coefficient (Wildman–Crippen LogP) is 7.22. The topological polar surface area (TPSA) is 62.7 Å². The highest BCUT2D eigenvalue weighted by molar-refractivity contribution is 6.34. The first-order valence-electron chi connectivity index (χ1n) is 9.68. The minimum atomic E-state index is -4.79. The number of carbonyl (C=O) groups excluding carboxylic acids is 1. The van der Waals surface area contributed by atoms with Gasteiger partial charge in [-0.15, -0.1) is 0 Å². The molecule has 10 heteroatoms. The van der Waals surface area contributed by atoms with Crippen molar-refractivity contribution in [3.8, 4) is 0 Å². The van der Waals surface area contributed by atoms with Gasteiger partial charge in [0.05, 0.1) is 5.71 Å². The van der Waals surface area contributed by atoms with E-state index in [1.165, 1.54) is 12.1 Å². The smallest absolute Gasteiger partial charge is 0.374 e. The standard InChI is InChI=1S/C23H16Cl2F3N3O2/c24-16-10-15(11-17(25)12-16)22(23(26,27)28)13-20(31-33-22)14-5-4-8-19(9-14)30-21(32)29-18-6-2-1-3-7-18/h1-12H,13H2,(H2,29,30,32). The number of halogens is 5. The van der Waals surface area contributed by atoms with Crippen molar-refractivity contribution in [3.63, 3.8) is 0 Å². The molecule has 3 aromatic rings. The number of hydrogen-bond acceptors (Lipinski definition) is 3. The number of carbonyl (C=O) groups is 1. The zero-order valence-electron chi connectivity index (χ0n) is 16.8. The van der Waals surface area contributed by atoms with E-state index in [1.54, 1.807) is 42.5 Å². The number of para-hydroxylation sites is 1. The van der Waals surface area contributed by atoms with Crippen LogP contribution in [0, 0.1) is 0 Å². The first kappa shape index (κ1) is 22.9. The maximum atomic E-state index is 14.2. The summed E-state index contributed by atoms with van der Waals surface area (Å²) < 4.78 is 42.5. The van der Waals surface area contributed by atoms with Gasteiger partial charge in [-0.3, -0.25) is 0 Å². The number of hydrogen-bond donors (Lipinski definition) is 2. The van der Waals surface area contributed by atoms with E-state index in [-0.39, 0.29) is 21.3 Å². The Labute approximate surface area is 197 Å². The molecule has 0 saturated heterocycles. The molecular weight excluding hydrogens is 478 g/mol. The van der Waals surface area contributed by atoms with E-state index in [1.807, 2.05) is 6.07 Å². The van der Waals surface area contributed by atoms with Gasteiger partial charge in [0.2, 0.25) is 0 Å². The SMILES string of the molecule is O=C(Nc1ccccc1)Nc1cccc(C2=NOC(c3cc(Cl)cc(Cl)c3)(C(F)(F)F)C2)c1. The first-order valence-corrected chi connectivity index (χ1v) is 10.4. The lowest BCUT2D eigenvalue weighted by atomic mass is 9.86. The molecule has 0 aromatic heterocycles. The number of urea groups is 1. The van der Waals surface area contributed by atoms with E-state index >= 15 is 0 Å². The maximum Gasteiger partial charge on any atom is 0.435 e. The monoisotopic (exact) mass is 493 g/mol. The molecule has 2 amide bonds. The molecule has 1 unspecified atom stereocenters. The molecular formula is C23H16Cl2F3N3O2. The summed E-state index contributed by atoms with van der Waals surface area (Å²) in [4.78, 5) is 17.3. The number of rotatable bonds is 4. The molecule has 0 aliphatic carbocycles. The molecule has 1 aliphatic heterocycles. The molecule has 1 aliphatic rings. The van der Waals surface area contributed by atoms with Gasteiger partial charge in [0, 0.05) is 39.0 Å². The van der Waals surface area contributed by atoms with Crippen LogP contribution in [-0.4, -0.2) is 17.9 Å². The Morgan fingerprint density at radius 2 is 1.55 bits per heavy atom. The second kappa shape index (κ2) is 8.96. The summed E-state index contributed by atoms with van der Waals surface area (Å²) in [6.07, 6.45) is -5.38. The van der Waals surface area contributed by atoms with Gasteiger partial charge in [-0.25, -0.2) is 4.79 Å². The fourth-order valence-electron chi connectivity index (χ4n) is 3.44. The van der Waals surface area contributed by atoms with Crippen LogP contribution in [0.25, 0.3) is 0 Å². The van der Waals surface area contributed by atoms with E-state index in [2.05, 4.69) is 15.8 Å². The third kappa shape index (κ3) is 4.91. The fraction of sp³-hybridized carbons (Fsp3) is 0.130. The Morgan fingerprint density at radius 1 is 0.909 bits per heavy atom. The van der Waals surface area contributed by atoms with Gasteiger partial charge >= 0.3 is 12.2 Å². The Kier molecular flexibility index (Phi) is 6.23. The van der Waals surface area contributed by atoms with Crippen LogP contribution >= 0.6 is 23.2 Å². The van der Waals surface area contributed by atoms with Crippen LogP contribution in [-0.2, 0) is 10.4 Å². The van der Waals surface area contributed by atoms with Gasteiger partial charge in [0.1, 0.15) is 0 Å². The Balaban J connectivity index is 1.56. The summed E-state index contributed by atoms with van der Waals surface area (Å²) in [5, 5.41) is 9.15. The molecule has 33 heavy (non-hydrogen) atoms. The third-order valence-electron chi connectivity index (χ3n) is 5.00. The zero-order valence-corrected chi connectivity index (χ0v) is 18.3.